The number of aromatic nitrogens is 1. The average Bonchev–Trinajstić information content (AvgIpc) is 3.28. The maximum atomic E-state index is 13.4. The van der Waals surface area contributed by atoms with Crippen LogP contribution in [0.15, 0.2) is 71.6 Å². The number of carbonyl (C=O) groups is 3. The third-order valence-electron chi connectivity index (χ3n) is 6.18. The molecular weight excluding hydrogens is 548 g/mol. The van der Waals surface area contributed by atoms with Gasteiger partial charge in [0.25, 0.3) is 11.1 Å². The standard InChI is InChI=1S/C28H20Cl2FN3O3S/c1-16-22(21-7-2-3-8-24(21)33(16)14-17-9-10-18(29)11-23(17)30)13-25-27(36)34(28(37)38-25)15-26(35)32-20-6-4-5-19(31)12-20/h2-13H,14-15H2,1H3,(H,32,35)/b25-13+. The van der Waals surface area contributed by atoms with Gasteiger partial charge in [0, 0.05) is 44.4 Å². The predicted octanol–water partition coefficient (Wildman–Crippen LogP) is 7.12. The summed E-state index contributed by atoms with van der Waals surface area (Å²) in [4.78, 5) is 39.3. The monoisotopic (exact) mass is 567 g/mol. The van der Waals surface area contributed by atoms with Gasteiger partial charge in [0.15, 0.2) is 0 Å². The smallest absolute Gasteiger partial charge is 0.294 e. The molecule has 4 aromatic rings. The summed E-state index contributed by atoms with van der Waals surface area (Å²) in [5.74, 6) is -1.68. The van der Waals surface area contributed by atoms with Gasteiger partial charge in [0.2, 0.25) is 5.91 Å². The minimum absolute atomic E-state index is 0.212. The van der Waals surface area contributed by atoms with Crippen LogP contribution in [0.3, 0.4) is 0 Å². The minimum atomic E-state index is -0.605. The van der Waals surface area contributed by atoms with E-state index in [1.807, 2.05) is 37.3 Å². The van der Waals surface area contributed by atoms with E-state index in [4.69, 9.17) is 23.2 Å². The first-order chi connectivity index (χ1) is 18.2. The molecule has 0 bridgehead atoms. The number of para-hydroxylation sites is 1. The van der Waals surface area contributed by atoms with Gasteiger partial charge in [-0.3, -0.25) is 19.3 Å². The Bertz CT molecular complexity index is 1650. The predicted molar refractivity (Wildman–Crippen MR) is 150 cm³/mol. The lowest BCUT2D eigenvalue weighted by molar-refractivity contribution is -0.127. The Morgan fingerprint density at radius 3 is 2.61 bits per heavy atom. The summed E-state index contributed by atoms with van der Waals surface area (Å²) in [5, 5.41) is 3.96. The van der Waals surface area contributed by atoms with Crippen molar-refractivity contribution >= 4 is 74.7 Å². The number of benzene rings is 3. The molecule has 1 aliphatic rings. The van der Waals surface area contributed by atoms with Crippen LogP contribution in [0.5, 0.6) is 0 Å². The minimum Gasteiger partial charge on any atom is -0.340 e. The van der Waals surface area contributed by atoms with E-state index in [2.05, 4.69) is 9.88 Å². The molecule has 1 aromatic heterocycles. The summed E-state index contributed by atoms with van der Waals surface area (Å²) in [6.07, 6.45) is 1.69. The van der Waals surface area contributed by atoms with E-state index in [-0.39, 0.29) is 10.6 Å². The molecule has 0 atom stereocenters. The molecule has 38 heavy (non-hydrogen) atoms. The van der Waals surface area contributed by atoms with E-state index < -0.39 is 29.4 Å². The molecule has 3 amide bonds. The summed E-state index contributed by atoms with van der Waals surface area (Å²) < 4.78 is 15.5. The molecule has 0 spiro atoms. The third-order valence-corrected chi connectivity index (χ3v) is 7.68. The van der Waals surface area contributed by atoms with Gasteiger partial charge in [-0.25, -0.2) is 4.39 Å². The molecule has 1 saturated heterocycles. The number of halogens is 3. The van der Waals surface area contributed by atoms with Crippen molar-refractivity contribution in [3.8, 4) is 0 Å². The van der Waals surface area contributed by atoms with Crippen LogP contribution in [0, 0.1) is 12.7 Å². The van der Waals surface area contributed by atoms with Crippen LogP contribution in [0.4, 0.5) is 14.9 Å². The maximum Gasteiger partial charge on any atom is 0.294 e. The molecule has 1 aliphatic heterocycles. The highest BCUT2D eigenvalue weighted by Crippen LogP contribution is 2.36. The highest BCUT2D eigenvalue weighted by Gasteiger charge is 2.36. The van der Waals surface area contributed by atoms with E-state index >= 15 is 0 Å². The fourth-order valence-corrected chi connectivity index (χ4v) is 5.63. The second kappa shape index (κ2) is 10.6. The zero-order valence-electron chi connectivity index (χ0n) is 20.0. The zero-order chi connectivity index (χ0) is 27.0. The zero-order valence-corrected chi connectivity index (χ0v) is 22.3. The summed E-state index contributed by atoms with van der Waals surface area (Å²) >= 11 is 13.3. The number of nitrogens with one attached hydrogen (secondary N) is 1. The van der Waals surface area contributed by atoms with Gasteiger partial charge in [-0.2, -0.15) is 0 Å². The highest BCUT2D eigenvalue weighted by molar-refractivity contribution is 8.18. The molecule has 1 fully saturated rings. The molecule has 6 nitrogen and oxygen atoms in total. The van der Waals surface area contributed by atoms with Crippen molar-refractivity contribution in [1.82, 2.24) is 9.47 Å². The van der Waals surface area contributed by atoms with E-state index in [0.717, 1.165) is 50.5 Å². The lowest BCUT2D eigenvalue weighted by Gasteiger charge is -2.12. The SMILES string of the molecule is Cc1c(/C=C2/SC(=O)N(CC(=O)Nc3cccc(F)c3)C2=O)c2ccccc2n1Cc1ccc(Cl)cc1Cl. The second-order valence-electron chi connectivity index (χ2n) is 8.66. The van der Waals surface area contributed by atoms with Gasteiger partial charge >= 0.3 is 0 Å². The highest BCUT2D eigenvalue weighted by atomic mass is 35.5. The molecule has 0 saturated carbocycles. The summed E-state index contributed by atoms with van der Waals surface area (Å²) in [7, 11) is 0. The quantitative estimate of drug-likeness (QED) is 0.252. The second-order valence-corrected chi connectivity index (χ2v) is 10.5. The van der Waals surface area contributed by atoms with Gasteiger partial charge in [-0.1, -0.05) is 53.5 Å². The van der Waals surface area contributed by atoms with Crippen LogP contribution in [-0.2, 0) is 16.1 Å². The molecule has 0 unspecified atom stereocenters. The fourth-order valence-electron chi connectivity index (χ4n) is 4.34. The number of rotatable bonds is 6. The van der Waals surface area contributed by atoms with Crippen molar-refractivity contribution in [2.24, 2.45) is 0 Å². The van der Waals surface area contributed by atoms with Gasteiger partial charge < -0.3 is 9.88 Å². The maximum absolute atomic E-state index is 13.4. The molecule has 2 heterocycles. The average molecular weight is 568 g/mol. The van der Waals surface area contributed by atoms with Gasteiger partial charge in [0.05, 0.1) is 4.91 Å². The van der Waals surface area contributed by atoms with Gasteiger partial charge in [-0.15, -0.1) is 0 Å². The van der Waals surface area contributed by atoms with Crippen molar-refractivity contribution in [1.29, 1.82) is 0 Å². The first-order valence-electron chi connectivity index (χ1n) is 11.5. The number of amides is 3. The first-order valence-corrected chi connectivity index (χ1v) is 13.1. The van der Waals surface area contributed by atoms with Crippen LogP contribution in [0.25, 0.3) is 17.0 Å². The number of fused-ring (bicyclic) bond motifs is 1. The summed E-state index contributed by atoms with van der Waals surface area (Å²) in [6.45, 7) is 1.94. The van der Waals surface area contributed by atoms with Crippen molar-refractivity contribution in [2.45, 2.75) is 13.5 Å². The van der Waals surface area contributed by atoms with Crippen molar-refractivity contribution < 1.29 is 18.8 Å². The Kier molecular flexibility index (Phi) is 7.29. The third kappa shape index (κ3) is 5.20. The van der Waals surface area contributed by atoms with Gasteiger partial charge in [0.1, 0.15) is 12.4 Å². The van der Waals surface area contributed by atoms with Crippen LogP contribution >= 0.6 is 35.0 Å². The van der Waals surface area contributed by atoms with Crippen LogP contribution < -0.4 is 5.32 Å². The molecule has 10 heteroatoms. The molecule has 0 radical (unpaired) electrons. The normalized spacial score (nSPS) is 14.6. The molecule has 0 aliphatic carbocycles. The summed E-state index contributed by atoms with van der Waals surface area (Å²) in [6, 6.07) is 18.5. The topological polar surface area (TPSA) is 71.4 Å². The molecule has 192 valence electrons. The van der Waals surface area contributed by atoms with Crippen LogP contribution in [0.1, 0.15) is 16.8 Å². The Labute approximate surface area is 232 Å². The fraction of sp³-hybridized carbons (Fsp3) is 0.107. The number of carbonyl (C=O) groups excluding carboxylic acids is 3. The van der Waals surface area contributed by atoms with E-state index in [0.29, 0.717) is 16.6 Å². The number of thioether (sulfide) groups is 1. The van der Waals surface area contributed by atoms with Crippen molar-refractivity contribution in [3.05, 3.63) is 104 Å². The first kappa shape index (κ1) is 26.0. The van der Waals surface area contributed by atoms with Crippen molar-refractivity contribution in [2.75, 3.05) is 11.9 Å². The Morgan fingerprint density at radius 2 is 1.84 bits per heavy atom. The van der Waals surface area contributed by atoms with E-state index in [1.54, 1.807) is 18.2 Å². The lowest BCUT2D eigenvalue weighted by Crippen LogP contribution is -2.36. The molecular formula is C28H20Cl2FN3O3S. The Morgan fingerprint density at radius 1 is 1.05 bits per heavy atom. The number of hydrogen-bond acceptors (Lipinski definition) is 4. The summed E-state index contributed by atoms with van der Waals surface area (Å²) in [5.41, 5.74) is 3.74. The molecule has 3 aromatic carbocycles. The number of hydrogen-bond donors (Lipinski definition) is 1. The lowest BCUT2D eigenvalue weighted by atomic mass is 10.1. The molecule has 5 rings (SSSR count). The van der Waals surface area contributed by atoms with Crippen molar-refractivity contribution in [3.63, 3.8) is 0 Å². The Balaban J connectivity index is 1.42. The van der Waals surface area contributed by atoms with Gasteiger partial charge in [-0.05, 0) is 66.7 Å². The van der Waals surface area contributed by atoms with E-state index in [9.17, 15) is 18.8 Å². The van der Waals surface area contributed by atoms with Crippen LogP contribution in [0.2, 0.25) is 10.0 Å². The Hall–Kier alpha value is -3.59. The van der Waals surface area contributed by atoms with E-state index in [1.165, 1.54) is 18.2 Å². The molecule has 1 N–H and O–H groups in total. The number of imide groups is 1. The largest absolute Gasteiger partial charge is 0.340 e. The number of nitrogens with zero attached hydrogens (tertiary/aromatic N) is 2. The van der Waals surface area contributed by atoms with Crippen LogP contribution in [-0.4, -0.2) is 33.1 Å². The number of anilines is 1.